The molecular formula is C21H21ClN4O2. The van der Waals surface area contributed by atoms with Gasteiger partial charge in [0.25, 0.3) is 5.91 Å². The van der Waals surface area contributed by atoms with Crippen molar-refractivity contribution in [1.29, 1.82) is 0 Å². The molecule has 2 saturated heterocycles. The second kappa shape index (κ2) is 6.88. The van der Waals surface area contributed by atoms with Crippen molar-refractivity contribution in [3.05, 3.63) is 59.2 Å². The molecule has 1 amide bonds. The van der Waals surface area contributed by atoms with E-state index < -0.39 is 0 Å². The van der Waals surface area contributed by atoms with Crippen molar-refractivity contribution in [2.24, 2.45) is 0 Å². The van der Waals surface area contributed by atoms with E-state index in [0.717, 1.165) is 36.1 Å². The minimum Gasteiger partial charge on any atom is -0.370 e. The quantitative estimate of drug-likeness (QED) is 0.723. The van der Waals surface area contributed by atoms with Crippen molar-refractivity contribution in [2.75, 3.05) is 32.8 Å². The van der Waals surface area contributed by atoms with Crippen LogP contribution in [0.3, 0.4) is 0 Å². The Hall–Kier alpha value is -2.41. The predicted molar refractivity (Wildman–Crippen MR) is 108 cm³/mol. The zero-order valence-corrected chi connectivity index (χ0v) is 16.2. The predicted octanol–water partition coefficient (Wildman–Crippen LogP) is 2.88. The molecule has 0 aliphatic carbocycles. The molecule has 2 aliphatic heterocycles. The summed E-state index contributed by atoms with van der Waals surface area (Å²) in [5.74, 6) is -0.0450. The van der Waals surface area contributed by atoms with Crippen molar-refractivity contribution in [2.45, 2.75) is 12.0 Å². The summed E-state index contributed by atoms with van der Waals surface area (Å²) in [4.78, 5) is 15.0. The summed E-state index contributed by atoms with van der Waals surface area (Å²) in [6.45, 7) is 3.46. The number of ether oxygens (including phenoxy) is 1. The van der Waals surface area contributed by atoms with E-state index in [9.17, 15) is 4.79 Å². The van der Waals surface area contributed by atoms with Gasteiger partial charge >= 0.3 is 0 Å². The third-order valence-corrected chi connectivity index (χ3v) is 5.96. The number of nitrogens with zero attached hydrogens (tertiary/aromatic N) is 3. The topological polar surface area (TPSA) is 59.4 Å². The normalized spacial score (nSPS) is 22.2. The van der Waals surface area contributed by atoms with Crippen LogP contribution < -0.4 is 5.32 Å². The molecule has 6 nitrogen and oxygen atoms in total. The lowest BCUT2D eigenvalue weighted by atomic mass is 10.00. The minimum atomic E-state index is -0.256. The van der Waals surface area contributed by atoms with Crippen LogP contribution >= 0.6 is 11.6 Å². The summed E-state index contributed by atoms with van der Waals surface area (Å²) in [5, 5.41) is 9.29. The zero-order valence-electron chi connectivity index (χ0n) is 15.4. The minimum absolute atomic E-state index is 0.0450. The molecule has 1 N–H and O–H groups in total. The third kappa shape index (κ3) is 2.98. The van der Waals surface area contributed by atoms with Gasteiger partial charge < -0.3 is 15.0 Å². The summed E-state index contributed by atoms with van der Waals surface area (Å²) in [5.41, 5.74) is 2.10. The van der Waals surface area contributed by atoms with Crippen molar-refractivity contribution in [3.63, 3.8) is 0 Å². The van der Waals surface area contributed by atoms with E-state index in [0.29, 0.717) is 30.3 Å². The van der Waals surface area contributed by atoms with Crippen molar-refractivity contribution in [1.82, 2.24) is 20.0 Å². The van der Waals surface area contributed by atoms with Gasteiger partial charge in [-0.15, -0.1) is 0 Å². The van der Waals surface area contributed by atoms with E-state index in [1.54, 1.807) is 6.07 Å². The fourth-order valence-electron chi connectivity index (χ4n) is 4.15. The molecule has 1 spiro atoms. The number of hydrogen-bond acceptors (Lipinski definition) is 4. The Balaban J connectivity index is 1.42. The molecule has 1 atom stereocenters. The van der Waals surface area contributed by atoms with E-state index in [1.165, 1.54) is 0 Å². The van der Waals surface area contributed by atoms with E-state index in [-0.39, 0.29) is 11.5 Å². The van der Waals surface area contributed by atoms with Gasteiger partial charge in [0.1, 0.15) is 0 Å². The average Bonchev–Trinajstić information content (AvgIpc) is 3.34. The number of amides is 1. The Kier molecular flexibility index (Phi) is 4.34. The maximum atomic E-state index is 13.1. The van der Waals surface area contributed by atoms with Crippen LogP contribution in [0.25, 0.3) is 16.6 Å². The van der Waals surface area contributed by atoms with Crippen LogP contribution in [0.4, 0.5) is 0 Å². The Labute approximate surface area is 168 Å². The van der Waals surface area contributed by atoms with Gasteiger partial charge in [0.05, 0.1) is 46.7 Å². The standard InChI is InChI=1S/C21H21ClN4O2/c22-18-11-16(26-19-4-2-1-3-15(19)12-24-26)5-6-17(18)20(27)25-9-10-28-21(14-25)7-8-23-13-21/h1-6,11-12,23H,7-10,13-14H2. The Morgan fingerprint density at radius 3 is 2.96 bits per heavy atom. The highest BCUT2D eigenvalue weighted by Gasteiger charge is 2.41. The molecule has 0 saturated carbocycles. The molecule has 2 aliphatic rings. The van der Waals surface area contributed by atoms with Gasteiger partial charge in [-0.25, -0.2) is 4.68 Å². The van der Waals surface area contributed by atoms with Gasteiger partial charge in [0.2, 0.25) is 0 Å². The number of aromatic nitrogens is 2. The highest BCUT2D eigenvalue weighted by molar-refractivity contribution is 6.34. The summed E-state index contributed by atoms with van der Waals surface area (Å²) >= 11 is 6.53. The monoisotopic (exact) mass is 396 g/mol. The summed E-state index contributed by atoms with van der Waals surface area (Å²) in [7, 11) is 0. The van der Waals surface area contributed by atoms with Gasteiger partial charge in [-0.2, -0.15) is 5.10 Å². The fourth-order valence-corrected chi connectivity index (χ4v) is 4.41. The lowest BCUT2D eigenvalue weighted by molar-refractivity contribution is -0.0866. The second-order valence-electron chi connectivity index (χ2n) is 7.46. The smallest absolute Gasteiger partial charge is 0.255 e. The number of halogens is 1. The van der Waals surface area contributed by atoms with Gasteiger partial charge in [-0.3, -0.25) is 4.79 Å². The van der Waals surface area contributed by atoms with E-state index in [2.05, 4.69) is 10.4 Å². The first-order valence-corrected chi connectivity index (χ1v) is 9.90. The molecule has 2 fully saturated rings. The molecule has 5 rings (SSSR count). The number of nitrogens with one attached hydrogen (secondary N) is 1. The first-order valence-electron chi connectivity index (χ1n) is 9.52. The number of benzene rings is 2. The van der Waals surface area contributed by atoms with Crippen LogP contribution in [0.1, 0.15) is 16.8 Å². The number of carbonyl (C=O) groups excluding carboxylic acids is 1. The number of rotatable bonds is 2. The second-order valence-corrected chi connectivity index (χ2v) is 7.87. The molecule has 144 valence electrons. The molecule has 3 aromatic rings. The number of hydrogen-bond donors (Lipinski definition) is 1. The van der Waals surface area contributed by atoms with Gasteiger partial charge in [0.15, 0.2) is 0 Å². The van der Waals surface area contributed by atoms with Crippen molar-refractivity contribution in [3.8, 4) is 5.69 Å². The summed E-state index contributed by atoms with van der Waals surface area (Å²) in [6.07, 6.45) is 2.75. The number of para-hydroxylation sites is 1. The van der Waals surface area contributed by atoms with E-state index in [1.807, 2.05) is 52.2 Å². The third-order valence-electron chi connectivity index (χ3n) is 5.65. The lowest BCUT2D eigenvalue weighted by Crippen LogP contribution is -2.54. The first kappa shape index (κ1) is 17.7. The molecule has 7 heteroatoms. The molecule has 28 heavy (non-hydrogen) atoms. The number of morpholine rings is 1. The van der Waals surface area contributed by atoms with Crippen LogP contribution in [0.2, 0.25) is 5.02 Å². The Morgan fingerprint density at radius 1 is 1.25 bits per heavy atom. The maximum Gasteiger partial charge on any atom is 0.255 e. The highest BCUT2D eigenvalue weighted by atomic mass is 35.5. The SMILES string of the molecule is O=C(c1ccc(-n2ncc3ccccc32)cc1Cl)N1CCOC2(CCNC2)C1. The summed E-state index contributed by atoms with van der Waals surface area (Å²) in [6, 6.07) is 13.5. The molecule has 0 radical (unpaired) electrons. The van der Waals surface area contributed by atoms with Gasteiger partial charge in [-0.1, -0.05) is 29.8 Å². The fraction of sp³-hybridized carbons (Fsp3) is 0.333. The molecule has 3 heterocycles. The molecule has 2 aromatic carbocycles. The molecule has 1 unspecified atom stereocenters. The van der Waals surface area contributed by atoms with Gasteiger partial charge in [0, 0.05) is 18.5 Å². The summed E-state index contributed by atoms with van der Waals surface area (Å²) < 4.78 is 7.82. The van der Waals surface area contributed by atoms with E-state index >= 15 is 0 Å². The highest BCUT2D eigenvalue weighted by Crippen LogP contribution is 2.28. The van der Waals surface area contributed by atoms with Crippen LogP contribution in [0.5, 0.6) is 0 Å². The average molecular weight is 397 g/mol. The lowest BCUT2D eigenvalue weighted by Gasteiger charge is -2.40. The Morgan fingerprint density at radius 2 is 2.14 bits per heavy atom. The van der Waals surface area contributed by atoms with Crippen molar-refractivity contribution < 1.29 is 9.53 Å². The maximum absolute atomic E-state index is 13.1. The zero-order chi connectivity index (χ0) is 19.1. The van der Waals surface area contributed by atoms with Crippen molar-refractivity contribution >= 4 is 28.4 Å². The van der Waals surface area contributed by atoms with Crippen LogP contribution in [0.15, 0.2) is 48.7 Å². The van der Waals surface area contributed by atoms with Crippen LogP contribution in [-0.2, 0) is 4.74 Å². The first-order chi connectivity index (χ1) is 13.7. The Bertz CT molecular complexity index is 1040. The van der Waals surface area contributed by atoms with Gasteiger partial charge in [-0.05, 0) is 37.2 Å². The largest absolute Gasteiger partial charge is 0.370 e. The van der Waals surface area contributed by atoms with Crippen LogP contribution in [-0.4, -0.2) is 59.0 Å². The number of fused-ring (bicyclic) bond motifs is 1. The van der Waals surface area contributed by atoms with E-state index in [4.69, 9.17) is 16.3 Å². The molecule has 0 bridgehead atoms. The van der Waals surface area contributed by atoms with Crippen LogP contribution in [0, 0.1) is 0 Å². The molecule has 1 aromatic heterocycles. The number of carbonyl (C=O) groups is 1. The molecular weight excluding hydrogens is 376 g/mol.